The largest absolute Gasteiger partial charge is 0.373 e. The molecule has 2 fully saturated rings. The van der Waals surface area contributed by atoms with Crippen molar-refractivity contribution in [3.63, 3.8) is 0 Å². The lowest BCUT2D eigenvalue weighted by Gasteiger charge is -2.21. The molecule has 0 aliphatic heterocycles. The number of hydrogen-bond donors (Lipinski definition) is 1. The lowest BCUT2D eigenvalue weighted by atomic mass is 10.3. The summed E-state index contributed by atoms with van der Waals surface area (Å²) in [7, 11) is 1.91. The molecule has 0 saturated heterocycles. The van der Waals surface area contributed by atoms with E-state index in [9.17, 15) is 0 Å². The van der Waals surface area contributed by atoms with Gasteiger partial charge < -0.3 is 5.32 Å². The van der Waals surface area contributed by atoms with Gasteiger partial charge in [-0.05, 0) is 38.5 Å². The predicted molar refractivity (Wildman–Crippen MR) is 72.5 cm³/mol. The van der Waals surface area contributed by atoms with Crippen LogP contribution in [0.15, 0.2) is 6.07 Å². The molecule has 0 bridgehead atoms. The minimum Gasteiger partial charge on any atom is -0.373 e. The molecular weight excluding hydrogens is 224 g/mol. The maximum Gasteiger partial charge on any atom is 0.144 e. The van der Waals surface area contributed by atoms with Crippen molar-refractivity contribution in [2.75, 3.05) is 18.9 Å². The first-order valence-corrected chi connectivity index (χ1v) is 7.01. The summed E-state index contributed by atoms with van der Waals surface area (Å²) in [5, 5.41) is 3.11. The Morgan fingerprint density at radius 3 is 2.67 bits per heavy atom. The first-order valence-electron chi connectivity index (χ1n) is 7.01. The van der Waals surface area contributed by atoms with E-state index in [0.29, 0.717) is 0 Å². The molecule has 3 rings (SSSR count). The average molecular weight is 246 g/mol. The van der Waals surface area contributed by atoms with Crippen LogP contribution in [0.2, 0.25) is 0 Å². The molecule has 4 heteroatoms. The highest BCUT2D eigenvalue weighted by molar-refractivity contribution is 5.34. The van der Waals surface area contributed by atoms with E-state index in [1.165, 1.54) is 32.2 Å². The smallest absolute Gasteiger partial charge is 0.144 e. The standard InChI is InChI=1S/C14H22N4/c1-10-7-13(15-2)17-14(16-10)9-18(12-5-6-12)8-11-3-4-11/h7,11-12H,3-6,8-9H2,1-2H3,(H,15,16,17). The maximum atomic E-state index is 4.57. The average Bonchev–Trinajstić information content (AvgIpc) is 3.20. The van der Waals surface area contributed by atoms with Gasteiger partial charge in [-0.25, -0.2) is 9.97 Å². The molecule has 0 unspecified atom stereocenters. The van der Waals surface area contributed by atoms with Crippen molar-refractivity contribution >= 4 is 5.82 Å². The first-order chi connectivity index (χ1) is 8.74. The molecule has 18 heavy (non-hydrogen) atoms. The van der Waals surface area contributed by atoms with Crippen LogP contribution in [0.1, 0.15) is 37.2 Å². The number of nitrogens with zero attached hydrogens (tertiary/aromatic N) is 3. The van der Waals surface area contributed by atoms with Gasteiger partial charge in [0.1, 0.15) is 11.6 Å². The lowest BCUT2D eigenvalue weighted by molar-refractivity contribution is 0.238. The monoisotopic (exact) mass is 246 g/mol. The lowest BCUT2D eigenvalue weighted by Crippen LogP contribution is -2.29. The molecule has 2 aliphatic rings. The van der Waals surface area contributed by atoms with Crippen LogP contribution in [0.5, 0.6) is 0 Å². The number of hydrogen-bond acceptors (Lipinski definition) is 4. The molecule has 0 atom stereocenters. The molecule has 1 aromatic rings. The second-order valence-electron chi connectivity index (χ2n) is 5.66. The van der Waals surface area contributed by atoms with E-state index < -0.39 is 0 Å². The topological polar surface area (TPSA) is 41.1 Å². The van der Waals surface area contributed by atoms with Crippen LogP contribution in [0.25, 0.3) is 0 Å². The van der Waals surface area contributed by atoms with Gasteiger partial charge in [0.2, 0.25) is 0 Å². The van der Waals surface area contributed by atoms with Gasteiger partial charge in [-0.2, -0.15) is 0 Å². The van der Waals surface area contributed by atoms with Gasteiger partial charge in [-0.15, -0.1) is 0 Å². The van der Waals surface area contributed by atoms with E-state index in [0.717, 1.165) is 35.8 Å². The van der Waals surface area contributed by atoms with E-state index in [1.807, 2.05) is 20.0 Å². The van der Waals surface area contributed by atoms with Crippen LogP contribution in [0, 0.1) is 12.8 Å². The summed E-state index contributed by atoms with van der Waals surface area (Å²) < 4.78 is 0. The molecule has 4 nitrogen and oxygen atoms in total. The fourth-order valence-electron chi connectivity index (χ4n) is 2.42. The van der Waals surface area contributed by atoms with Gasteiger partial charge in [-0.3, -0.25) is 4.90 Å². The quantitative estimate of drug-likeness (QED) is 0.835. The Hall–Kier alpha value is -1.16. The van der Waals surface area contributed by atoms with Crippen LogP contribution in [0.4, 0.5) is 5.82 Å². The van der Waals surface area contributed by atoms with Gasteiger partial charge in [-0.1, -0.05) is 0 Å². The zero-order valence-corrected chi connectivity index (χ0v) is 11.3. The Kier molecular flexibility index (Phi) is 3.20. The third-order valence-electron chi connectivity index (χ3n) is 3.75. The van der Waals surface area contributed by atoms with Crippen molar-refractivity contribution in [1.82, 2.24) is 14.9 Å². The van der Waals surface area contributed by atoms with E-state index >= 15 is 0 Å². The summed E-state index contributed by atoms with van der Waals surface area (Å²) >= 11 is 0. The highest BCUT2D eigenvalue weighted by Gasteiger charge is 2.33. The van der Waals surface area contributed by atoms with Crippen LogP contribution in [-0.2, 0) is 6.54 Å². The fraction of sp³-hybridized carbons (Fsp3) is 0.714. The second-order valence-corrected chi connectivity index (χ2v) is 5.66. The number of rotatable bonds is 6. The SMILES string of the molecule is CNc1cc(C)nc(CN(CC2CC2)C2CC2)n1. The number of aromatic nitrogens is 2. The van der Waals surface area contributed by atoms with Crippen molar-refractivity contribution < 1.29 is 0 Å². The van der Waals surface area contributed by atoms with Gasteiger partial charge in [0.05, 0.1) is 6.54 Å². The Morgan fingerprint density at radius 2 is 2.06 bits per heavy atom. The summed E-state index contributed by atoms with van der Waals surface area (Å²) in [6, 6.07) is 2.79. The van der Waals surface area contributed by atoms with Crippen LogP contribution >= 0.6 is 0 Å². The second kappa shape index (κ2) is 4.84. The van der Waals surface area contributed by atoms with Crippen molar-refractivity contribution in [3.8, 4) is 0 Å². The molecule has 0 amide bonds. The van der Waals surface area contributed by atoms with Crippen LogP contribution in [-0.4, -0.2) is 34.5 Å². The molecule has 2 saturated carbocycles. The summed E-state index contributed by atoms with van der Waals surface area (Å²) in [6.07, 6.45) is 5.55. The van der Waals surface area contributed by atoms with Crippen LogP contribution in [0.3, 0.4) is 0 Å². The van der Waals surface area contributed by atoms with Gasteiger partial charge in [0.25, 0.3) is 0 Å². The molecule has 0 spiro atoms. The fourth-order valence-corrected chi connectivity index (χ4v) is 2.42. The molecule has 1 aromatic heterocycles. The molecule has 0 radical (unpaired) electrons. The van der Waals surface area contributed by atoms with E-state index in [2.05, 4.69) is 20.2 Å². The normalized spacial score (nSPS) is 19.3. The predicted octanol–water partition coefficient (Wildman–Crippen LogP) is 2.20. The number of aryl methyl sites for hydroxylation is 1. The minimum atomic E-state index is 0.799. The zero-order chi connectivity index (χ0) is 12.5. The summed E-state index contributed by atoms with van der Waals surface area (Å²) in [6.45, 7) is 4.20. The van der Waals surface area contributed by atoms with Gasteiger partial charge in [0.15, 0.2) is 0 Å². The molecular formula is C14H22N4. The zero-order valence-electron chi connectivity index (χ0n) is 11.3. The minimum absolute atomic E-state index is 0.799. The van der Waals surface area contributed by atoms with Crippen molar-refractivity contribution in [1.29, 1.82) is 0 Å². The number of nitrogens with one attached hydrogen (secondary N) is 1. The highest BCUT2D eigenvalue weighted by Crippen LogP contribution is 2.35. The maximum absolute atomic E-state index is 4.57. The van der Waals surface area contributed by atoms with Crippen LogP contribution < -0.4 is 5.32 Å². The van der Waals surface area contributed by atoms with E-state index in [4.69, 9.17) is 0 Å². The Bertz CT molecular complexity index is 424. The Balaban J connectivity index is 1.70. The van der Waals surface area contributed by atoms with Crippen molar-refractivity contribution in [3.05, 3.63) is 17.6 Å². The highest BCUT2D eigenvalue weighted by atomic mass is 15.2. The molecule has 98 valence electrons. The Morgan fingerprint density at radius 1 is 1.28 bits per heavy atom. The van der Waals surface area contributed by atoms with Crippen molar-refractivity contribution in [2.45, 2.75) is 45.2 Å². The first kappa shape index (κ1) is 11.9. The molecule has 1 heterocycles. The van der Waals surface area contributed by atoms with E-state index in [-0.39, 0.29) is 0 Å². The van der Waals surface area contributed by atoms with Gasteiger partial charge >= 0.3 is 0 Å². The summed E-state index contributed by atoms with van der Waals surface area (Å²) in [4.78, 5) is 11.7. The Labute approximate surface area is 109 Å². The third-order valence-corrected chi connectivity index (χ3v) is 3.75. The van der Waals surface area contributed by atoms with Crippen molar-refractivity contribution in [2.24, 2.45) is 5.92 Å². The molecule has 2 aliphatic carbocycles. The number of anilines is 1. The van der Waals surface area contributed by atoms with E-state index in [1.54, 1.807) is 0 Å². The third kappa shape index (κ3) is 2.99. The van der Waals surface area contributed by atoms with Gasteiger partial charge in [0, 0.05) is 31.4 Å². The molecule has 0 aromatic carbocycles. The summed E-state index contributed by atoms with van der Waals surface area (Å²) in [5.41, 5.74) is 1.05. The summed E-state index contributed by atoms with van der Waals surface area (Å²) in [5.74, 6) is 2.84. The molecule has 1 N–H and O–H groups in total.